The Bertz CT molecular complexity index is 3080. The number of fused-ring (bicyclic) bond motifs is 2. The zero-order chi connectivity index (χ0) is 53.5. The maximum absolute atomic E-state index is 12.0. The molecule has 6 aromatic rings. The fraction of sp³-hybridized carbons (Fsp3) is 0.617. The lowest BCUT2D eigenvalue weighted by atomic mass is 10.1. The molecule has 404 valence electrons. The highest BCUT2D eigenvalue weighted by Crippen LogP contribution is 2.34. The van der Waals surface area contributed by atoms with Gasteiger partial charge < -0.3 is 55.3 Å². The van der Waals surface area contributed by atoms with Crippen LogP contribution in [-0.2, 0) is 26.0 Å². The summed E-state index contributed by atoms with van der Waals surface area (Å²) < 4.78 is 30.3. The number of ether oxygens (including phenoxy) is 4. The summed E-state index contributed by atoms with van der Waals surface area (Å²) in [6.07, 6.45) is 8.37. The first-order valence-corrected chi connectivity index (χ1v) is 24.9. The van der Waals surface area contributed by atoms with Gasteiger partial charge in [0.2, 0.25) is 5.95 Å². The van der Waals surface area contributed by atoms with Gasteiger partial charge in [0.15, 0.2) is 22.6 Å². The van der Waals surface area contributed by atoms with E-state index in [0.717, 1.165) is 23.8 Å². The van der Waals surface area contributed by atoms with E-state index in [-0.39, 0.29) is 59.2 Å². The van der Waals surface area contributed by atoms with Gasteiger partial charge in [0, 0.05) is 71.8 Å². The van der Waals surface area contributed by atoms with E-state index in [4.69, 9.17) is 18.9 Å². The Morgan fingerprint density at radius 1 is 0.622 bits per heavy atom. The van der Waals surface area contributed by atoms with Crippen molar-refractivity contribution in [3.8, 4) is 0 Å². The van der Waals surface area contributed by atoms with Crippen molar-refractivity contribution in [3.63, 3.8) is 0 Å². The molecule has 0 saturated carbocycles. The Kier molecular flexibility index (Phi) is 18.1. The van der Waals surface area contributed by atoms with E-state index in [1.54, 1.807) is 51.2 Å². The molecule has 0 aliphatic carbocycles. The number of aliphatic hydroxyl groups excluding tert-OH is 4. The molecule has 0 bridgehead atoms. The SMILES string of the molecule is CC[C@H]1O[C@@H](n2cc(C)c(=O)n(C)c2=O)C[C@H]1O.CC[C@H]1O[C@@H](n2ccc(NC)nc2=O)C[C@H]1O.CC[C@H]1O[C@@H](n2cnc3c(=O)[nH]c(NC)nc32)C[C@H]1O.CC[C@H]1O[C@@H](n2cnc3c(NC)ncnc32)C[C@H]1O. The number of nitrogens with zero attached hydrogens (tertiary/aromatic N) is 11. The van der Waals surface area contributed by atoms with Gasteiger partial charge in [0.05, 0.1) is 61.5 Å². The lowest BCUT2D eigenvalue weighted by molar-refractivity contribution is -0.0222. The summed E-state index contributed by atoms with van der Waals surface area (Å²) >= 11 is 0. The number of H-pyrrole nitrogens is 1. The van der Waals surface area contributed by atoms with E-state index in [1.165, 1.54) is 35.0 Å². The number of hydrogen-bond donors (Lipinski definition) is 8. The molecule has 27 heteroatoms. The Morgan fingerprint density at radius 3 is 1.57 bits per heavy atom. The average Bonchev–Trinajstić information content (AvgIpc) is 4.28. The summed E-state index contributed by atoms with van der Waals surface area (Å²) in [7, 11) is 6.61. The molecule has 10 heterocycles. The zero-order valence-electron chi connectivity index (χ0n) is 43.0. The summed E-state index contributed by atoms with van der Waals surface area (Å²) in [5.41, 5.74) is 1.23. The molecule has 0 aromatic carbocycles. The standard InChI is InChI=1S/C12H17N5O3.C12H17N5O2.C12H18N2O4.C11H17N3O3/c1-3-7-6(18)4-8(20-7)17-5-14-9-10(17)15-12(13-2)16-11(9)19;1-3-8-7(18)4-9(19-8)17-6-16-10-11(13-2)14-5-15-12(10)17;1-4-9-8(15)5-10(18-9)14-6-7(2)11(16)13(3)12(14)17;1-3-8-7(15)6-10(17-8)14-5-4-9(12-2)13-11(14)16/h5-8,18H,3-4H2,1-2H3,(H2,13,15,16,19);5-9,18H,3-4H2,1-2H3,(H,13,14,15);6,8-10,15H,4-5H2,1-3H3;4-5,7-8,10,15H,3,6H2,1-2H3,(H,12,13,16)/t6-,7-,8-;7-,8-,9-;8-,9-,10-;7-,8-,10-/m1111/s1. The topological polar surface area (TPSA) is 340 Å². The summed E-state index contributed by atoms with van der Waals surface area (Å²) in [5, 5.41) is 48.0. The Hall–Kier alpha value is -6.46. The Labute approximate surface area is 424 Å². The second-order valence-electron chi connectivity index (χ2n) is 18.3. The molecule has 4 saturated heterocycles. The van der Waals surface area contributed by atoms with Crippen molar-refractivity contribution in [2.45, 2.75) is 160 Å². The number of rotatable bonds is 11. The van der Waals surface area contributed by atoms with Crippen molar-refractivity contribution in [2.75, 3.05) is 37.1 Å². The molecule has 0 radical (unpaired) electrons. The lowest BCUT2D eigenvalue weighted by Gasteiger charge is -2.16. The van der Waals surface area contributed by atoms with Crippen LogP contribution in [0.2, 0.25) is 0 Å². The summed E-state index contributed by atoms with van der Waals surface area (Å²) in [6, 6.07) is 1.70. The van der Waals surface area contributed by atoms with Gasteiger partial charge in [-0.15, -0.1) is 0 Å². The first kappa shape index (κ1) is 55.3. The minimum atomic E-state index is -0.565. The number of aromatic amines is 1. The summed E-state index contributed by atoms with van der Waals surface area (Å²) in [4.78, 5) is 74.7. The number of aliphatic hydroxyl groups is 4. The van der Waals surface area contributed by atoms with E-state index in [0.29, 0.717) is 72.1 Å². The minimum Gasteiger partial charge on any atom is -0.390 e. The summed E-state index contributed by atoms with van der Waals surface area (Å²) in [6.45, 7) is 9.49. The maximum Gasteiger partial charge on any atom is 0.351 e. The highest BCUT2D eigenvalue weighted by Gasteiger charge is 2.38. The first-order chi connectivity index (χ1) is 35.5. The number of imidazole rings is 2. The van der Waals surface area contributed by atoms with Crippen LogP contribution in [0, 0.1) is 6.92 Å². The van der Waals surface area contributed by atoms with Gasteiger partial charge in [-0.25, -0.2) is 29.5 Å². The van der Waals surface area contributed by atoms with Crippen LogP contribution >= 0.6 is 0 Å². The van der Waals surface area contributed by atoms with E-state index >= 15 is 0 Å². The number of hydrogen-bond acceptors (Lipinski definition) is 21. The molecule has 0 amide bonds. The van der Waals surface area contributed by atoms with Gasteiger partial charge in [-0.05, 0) is 38.7 Å². The lowest BCUT2D eigenvalue weighted by Crippen LogP contribution is -2.40. The van der Waals surface area contributed by atoms with Crippen LogP contribution in [0.4, 0.5) is 17.6 Å². The smallest absolute Gasteiger partial charge is 0.351 e. The summed E-state index contributed by atoms with van der Waals surface area (Å²) in [5.74, 6) is 1.58. The highest BCUT2D eigenvalue weighted by atomic mass is 16.5. The maximum atomic E-state index is 12.0. The molecule has 8 N–H and O–H groups in total. The van der Waals surface area contributed by atoms with Crippen molar-refractivity contribution in [1.82, 2.24) is 57.7 Å². The van der Waals surface area contributed by atoms with Crippen LogP contribution in [-0.4, -0.2) is 148 Å². The van der Waals surface area contributed by atoms with Crippen molar-refractivity contribution in [3.05, 3.63) is 84.7 Å². The van der Waals surface area contributed by atoms with E-state index < -0.39 is 42.6 Å². The van der Waals surface area contributed by atoms with Gasteiger partial charge in [-0.2, -0.15) is 9.97 Å². The molecule has 6 aromatic heterocycles. The third-order valence-electron chi connectivity index (χ3n) is 13.5. The van der Waals surface area contributed by atoms with Gasteiger partial charge in [-0.3, -0.25) is 37.4 Å². The predicted octanol–water partition coefficient (Wildman–Crippen LogP) is 1.40. The fourth-order valence-electron chi connectivity index (χ4n) is 9.34. The Balaban J connectivity index is 0.000000144. The number of anilines is 3. The van der Waals surface area contributed by atoms with Crippen LogP contribution in [0.25, 0.3) is 22.3 Å². The second-order valence-corrected chi connectivity index (χ2v) is 18.3. The highest BCUT2D eigenvalue weighted by molar-refractivity contribution is 5.82. The second kappa shape index (κ2) is 24.3. The van der Waals surface area contributed by atoms with Crippen molar-refractivity contribution < 1.29 is 39.4 Å². The van der Waals surface area contributed by atoms with E-state index in [2.05, 4.69) is 50.8 Å². The molecule has 0 unspecified atom stereocenters. The molecular formula is C47H69N15O12. The largest absolute Gasteiger partial charge is 0.390 e. The van der Waals surface area contributed by atoms with Crippen molar-refractivity contribution >= 4 is 39.9 Å². The van der Waals surface area contributed by atoms with Crippen LogP contribution in [0.5, 0.6) is 0 Å². The predicted molar refractivity (Wildman–Crippen MR) is 271 cm³/mol. The zero-order valence-corrected chi connectivity index (χ0v) is 43.0. The van der Waals surface area contributed by atoms with Crippen molar-refractivity contribution in [2.24, 2.45) is 7.05 Å². The van der Waals surface area contributed by atoms with Crippen LogP contribution in [0.3, 0.4) is 0 Å². The van der Waals surface area contributed by atoms with Crippen LogP contribution < -0.4 is 38.4 Å². The molecule has 4 aliphatic heterocycles. The van der Waals surface area contributed by atoms with Crippen LogP contribution in [0.1, 0.15) is 110 Å². The van der Waals surface area contributed by atoms with Gasteiger partial charge >= 0.3 is 11.4 Å². The fourth-order valence-corrected chi connectivity index (χ4v) is 9.34. The molecule has 0 spiro atoms. The molecule has 27 nitrogen and oxygen atoms in total. The molecule has 74 heavy (non-hydrogen) atoms. The molecular weight excluding hydrogens is 967 g/mol. The normalized spacial score (nSPS) is 27.3. The monoisotopic (exact) mass is 1040 g/mol. The third kappa shape index (κ3) is 11.7. The average molecular weight is 1040 g/mol. The molecule has 4 fully saturated rings. The molecule has 10 rings (SSSR count). The van der Waals surface area contributed by atoms with Crippen LogP contribution in [0.15, 0.2) is 56.6 Å². The molecule has 12 atom stereocenters. The first-order valence-electron chi connectivity index (χ1n) is 24.9. The van der Waals surface area contributed by atoms with Gasteiger partial charge in [0.25, 0.3) is 11.1 Å². The quantitative estimate of drug-likeness (QED) is 0.0909. The van der Waals surface area contributed by atoms with Gasteiger partial charge in [-0.1, -0.05) is 27.7 Å². The minimum absolute atomic E-state index is 0.118. The third-order valence-corrected chi connectivity index (χ3v) is 13.5. The Morgan fingerprint density at radius 2 is 1.11 bits per heavy atom. The van der Waals surface area contributed by atoms with E-state index in [1.807, 2.05) is 32.3 Å². The van der Waals surface area contributed by atoms with Gasteiger partial charge in [0.1, 0.15) is 42.6 Å². The number of aromatic nitrogens is 12. The van der Waals surface area contributed by atoms with Crippen molar-refractivity contribution in [1.29, 1.82) is 0 Å². The molecule has 4 aliphatic rings. The van der Waals surface area contributed by atoms with E-state index in [9.17, 15) is 39.6 Å². The number of aryl methyl sites for hydroxylation is 1. The number of nitrogens with one attached hydrogen (secondary N) is 4.